The van der Waals surface area contributed by atoms with Gasteiger partial charge in [0.05, 0.1) is 11.0 Å². The summed E-state index contributed by atoms with van der Waals surface area (Å²) in [5.74, 6) is 0.624. The van der Waals surface area contributed by atoms with Gasteiger partial charge >= 0.3 is 0 Å². The molecule has 0 amide bonds. The Hall–Kier alpha value is -5.34. The van der Waals surface area contributed by atoms with Crippen molar-refractivity contribution >= 4 is 60.6 Å². The number of para-hydroxylation sites is 2. The van der Waals surface area contributed by atoms with Crippen LogP contribution >= 0.6 is 0 Å². The van der Waals surface area contributed by atoms with Crippen LogP contribution in [0.2, 0.25) is 0 Å². The van der Waals surface area contributed by atoms with Crippen LogP contribution in [0.3, 0.4) is 0 Å². The van der Waals surface area contributed by atoms with Crippen molar-refractivity contribution in [3.8, 4) is 11.1 Å². The monoisotopic (exact) mass is 575 g/mol. The number of nitrogens with zero attached hydrogens (tertiary/aromatic N) is 1. The molecule has 212 valence electrons. The summed E-state index contributed by atoms with van der Waals surface area (Å²) in [7, 11) is 0. The molecule has 2 atom stereocenters. The molecule has 2 heterocycles. The molecule has 2 heteroatoms. The lowest BCUT2D eigenvalue weighted by atomic mass is 9.75. The van der Waals surface area contributed by atoms with Crippen LogP contribution in [-0.2, 0) is 5.41 Å². The Bertz CT molecular complexity index is 2630. The Morgan fingerprint density at radius 1 is 0.578 bits per heavy atom. The van der Waals surface area contributed by atoms with E-state index in [1.165, 1.54) is 82.8 Å². The molecule has 45 heavy (non-hydrogen) atoms. The fourth-order valence-electron chi connectivity index (χ4n) is 9.12. The topological polar surface area (TPSA) is 18.1 Å². The molecule has 4 aliphatic carbocycles. The minimum absolute atomic E-state index is 0.158. The van der Waals surface area contributed by atoms with Gasteiger partial charge in [0.2, 0.25) is 0 Å². The number of aromatic nitrogens is 1. The van der Waals surface area contributed by atoms with Crippen molar-refractivity contribution in [3.05, 3.63) is 150 Å². The van der Waals surface area contributed by atoms with Gasteiger partial charge in [-0.05, 0) is 87.0 Å². The first kappa shape index (κ1) is 24.0. The zero-order valence-corrected chi connectivity index (χ0v) is 25.1. The van der Waals surface area contributed by atoms with Crippen molar-refractivity contribution in [2.75, 3.05) is 0 Å². The number of allylic oxidation sites excluding steroid dienone is 8. The van der Waals surface area contributed by atoms with Crippen LogP contribution in [0.1, 0.15) is 36.1 Å². The summed E-state index contributed by atoms with van der Waals surface area (Å²) in [6.45, 7) is 4.74. The maximum absolute atomic E-state index is 6.36. The molecule has 2 unspecified atom stereocenters. The van der Waals surface area contributed by atoms with Crippen LogP contribution in [0.15, 0.2) is 132 Å². The Balaban J connectivity index is 1.18. The van der Waals surface area contributed by atoms with Crippen molar-refractivity contribution in [1.29, 1.82) is 0 Å². The average Bonchev–Trinajstić information content (AvgIpc) is 3.77. The molecule has 0 fully saturated rings. The third kappa shape index (κ3) is 2.87. The molecule has 11 rings (SSSR count). The van der Waals surface area contributed by atoms with E-state index in [4.69, 9.17) is 4.42 Å². The van der Waals surface area contributed by atoms with Gasteiger partial charge in [-0.3, -0.25) is 0 Å². The maximum atomic E-state index is 6.36. The molecule has 0 radical (unpaired) electrons. The average molecular weight is 576 g/mol. The van der Waals surface area contributed by atoms with Gasteiger partial charge in [-0.15, -0.1) is 0 Å². The molecule has 5 aromatic carbocycles. The predicted molar refractivity (Wildman–Crippen MR) is 187 cm³/mol. The minimum Gasteiger partial charge on any atom is -0.456 e. The second kappa shape index (κ2) is 8.02. The highest BCUT2D eigenvalue weighted by Crippen LogP contribution is 2.57. The number of furan rings is 1. The van der Waals surface area contributed by atoms with Crippen molar-refractivity contribution in [2.24, 2.45) is 11.8 Å². The van der Waals surface area contributed by atoms with Crippen molar-refractivity contribution in [3.63, 3.8) is 0 Å². The van der Waals surface area contributed by atoms with Gasteiger partial charge in [-0.2, -0.15) is 0 Å². The second-order valence-corrected chi connectivity index (χ2v) is 13.7. The number of hydrogen-bond acceptors (Lipinski definition) is 1. The van der Waals surface area contributed by atoms with Gasteiger partial charge < -0.3 is 8.98 Å². The molecular formula is C43H29NO. The summed E-state index contributed by atoms with van der Waals surface area (Å²) in [4.78, 5) is 0. The van der Waals surface area contributed by atoms with Crippen LogP contribution in [0, 0.1) is 11.8 Å². The van der Waals surface area contributed by atoms with Gasteiger partial charge in [0.1, 0.15) is 11.2 Å². The van der Waals surface area contributed by atoms with Crippen molar-refractivity contribution < 1.29 is 4.42 Å². The molecule has 0 bridgehead atoms. The highest BCUT2D eigenvalue weighted by atomic mass is 16.3. The summed E-state index contributed by atoms with van der Waals surface area (Å²) in [5.41, 5.74) is 16.7. The molecule has 0 saturated heterocycles. The van der Waals surface area contributed by atoms with Gasteiger partial charge in [-0.1, -0.05) is 98.8 Å². The SMILES string of the molecule is CC1(C)c2cc3oc4ccccc4c3cc2-c2cc3c4ccccc4n(C4=CC=C5c6ccccc6C6=CC=CC4C65)c3cc21. The summed E-state index contributed by atoms with van der Waals surface area (Å²) in [5, 5.41) is 4.98. The fraction of sp³-hybridized carbons (Fsp3) is 0.116. The highest BCUT2D eigenvalue weighted by Gasteiger charge is 2.42. The number of rotatable bonds is 1. The molecule has 2 nitrogen and oxygen atoms in total. The summed E-state index contributed by atoms with van der Waals surface area (Å²) in [6, 6.07) is 35.9. The van der Waals surface area contributed by atoms with Gasteiger partial charge in [0.15, 0.2) is 0 Å². The lowest BCUT2D eigenvalue weighted by Gasteiger charge is -2.32. The molecule has 0 spiro atoms. The van der Waals surface area contributed by atoms with E-state index in [1.807, 2.05) is 6.07 Å². The second-order valence-electron chi connectivity index (χ2n) is 13.7. The minimum atomic E-state index is -0.158. The van der Waals surface area contributed by atoms with Gasteiger partial charge in [0.25, 0.3) is 0 Å². The first-order valence-corrected chi connectivity index (χ1v) is 16.0. The molecular weight excluding hydrogens is 546 g/mol. The molecule has 0 aliphatic heterocycles. The molecule has 7 aromatic rings. The van der Waals surface area contributed by atoms with E-state index in [9.17, 15) is 0 Å². The molecule has 4 aliphatic rings. The van der Waals surface area contributed by atoms with Crippen LogP contribution in [-0.4, -0.2) is 4.57 Å². The Labute approximate surface area is 260 Å². The predicted octanol–water partition coefficient (Wildman–Crippen LogP) is 11.1. The first-order chi connectivity index (χ1) is 22.1. The van der Waals surface area contributed by atoms with E-state index in [0.717, 1.165) is 11.2 Å². The van der Waals surface area contributed by atoms with Gasteiger partial charge in [-0.25, -0.2) is 0 Å². The van der Waals surface area contributed by atoms with Crippen molar-refractivity contribution in [1.82, 2.24) is 4.57 Å². The zero-order valence-electron chi connectivity index (χ0n) is 25.1. The summed E-state index contributed by atoms with van der Waals surface area (Å²) in [6.07, 6.45) is 11.8. The standard InChI is InChI=1S/C43H29NO/c1-43(2)35-22-39-33(20-31(35)32-21-34-27-13-6-8-17-40(27)45-41(34)23-36(32)43)26-12-5-7-16-37(26)44(39)38-19-18-29-25-11-4-3-10-24(25)28-14-9-15-30(38)42(28)29/h3-23,30,42H,1-2H3. The lowest BCUT2D eigenvalue weighted by molar-refractivity contribution is 0.647. The Morgan fingerprint density at radius 2 is 1.27 bits per heavy atom. The van der Waals surface area contributed by atoms with Crippen molar-refractivity contribution in [2.45, 2.75) is 19.3 Å². The smallest absolute Gasteiger partial charge is 0.135 e. The number of hydrogen-bond donors (Lipinski definition) is 0. The summed E-state index contributed by atoms with van der Waals surface area (Å²) < 4.78 is 8.92. The van der Waals surface area contributed by atoms with Crippen LogP contribution in [0.4, 0.5) is 0 Å². The first-order valence-electron chi connectivity index (χ1n) is 16.0. The normalized spacial score (nSPS) is 20.3. The van der Waals surface area contributed by atoms with Crippen LogP contribution < -0.4 is 0 Å². The van der Waals surface area contributed by atoms with E-state index in [0.29, 0.717) is 5.92 Å². The van der Waals surface area contributed by atoms with Crippen LogP contribution in [0.25, 0.3) is 71.7 Å². The van der Waals surface area contributed by atoms with E-state index >= 15 is 0 Å². The molecule has 0 saturated carbocycles. The third-order valence-corrected chi connectivity index (χ3v) is 11.2. The van der Waals surface area contributed by atoms with E-state index in [1.54, 1.807) is 0 Å². The third-order valence-electron chi connectivity index (χ3n) is 11.2. The zero-order chi connectivity index (χ0) is 29.6. The Kier molecular flexibility index (Phi) is 4.29. The quantitative estimate of drug-likeness (QED) is 0.190. The fourth-order valence-corrected chi connectivity index (χ4v) is 9.12. The van der Waals surface area contributed by atoms with E-state index in [-0.39, 0.29) is 11.3 Å². The highest BCUT2D eigenvalue weighted by molar-refractivity contribution is 6.14. The Morgan fingerprint density at radius 3 is 2.11 bits per heavy atom. The summed E-state index contributed by atoms with van der Waals surface area (Å²) >= 11 is 0. The molecule has 2 aromatic heterocycles. The van der Waals surface area contributed by atoms with E-state index in [2.05, 4.69) is 140 Å². The lowest BCUT2D eigenvalue weighted by Crippen LogP contribution is -2.21. The maximum Gasteiger partial charge on any atom is 0.135 e. The van der Waals surface area contributed by atoms with E-state index < -0.39 is 0 Å². The van der Waals surface area contributed by atoms with Gasteiger partial charge in [0, 0.05) is 44.5 Å². The number of benzene rings is 5. The van der Waals surface area contributed by atoms with Crippen LogP contribution in [0.5, 0.6) is 0 Å². The molecule has 0 N–H and O–H groups in total. The largest absolute Gasteiger partial charge is 0.456 e. The number of fused-ring (bicyclic) bond motifs is 12.